The molecule has 2 amide bonds. The van der Waals surface area contributed by atoms with E-state index in [1.807, 2.05) is 48.5 Å². The van der Waals surface area contributed by atoms with E-state index in [-0.39, 0.29) is 24.3 Å². The van der Waals surface area contributed by atoms with Crippen molar-refractivity contribution in [3.8, 4) is 5.75 Å². The van der Waals surface area contributed by atoms with Gasteiger partial charge in [0, 0.05) is 32.1 Å². The number of para-hydroxylation sites is 4. The highest BCUT2D eigenvalue weighted by atomic mass is 16.5. The van der Waals surface area contributed by atoms with Gasteiger partial charge in [0.1, 0.15) is 5.75 Å². The number of aromatic amines is 1. The number of nitrogens with zero attached hydrogens (tertiary/aromatic N) is 3. The first-order valence-corrected chi connectivity index (χ1v) is 11.1. The summed E-state index contributed by atoms with van der Waals surface area (Å²) in [6, 6.07) is 15.6. The van der Waals surface area contributed by atoms with Crippen molar-refractivity contribution in [3.05, 3.63) is 48.5 Å². The van der Waals surface area contributed by atoms with Gasteiger partial charge in [0.15, 0.2) is 6.10 Å². The second-order valence-electron chi connectivity index (χ2n) is 8.37. The summed E-state index contributed by atoms with van der Waals surface area (Å²) >= 11 is 0. The highest BCUT2D eigenvalue weighted by molar-refractivity contribution is 6.00. The number of anilines is 2. The van der Waals surface area contributed by atoms with Crippen LogP contribution in [0.15, 0.2) is 48.5 Å². The maximum atomic E-state index is 12.6. The van der Waals surface area contributed by atoms with E-state index in [1.165, 1.54) is 0 Å². The van der Waals surface area contributed by atoms with Crippen LogP contribution in [0.3, 0.4) is 0 Å². The van der Waals surface area contributed by atoms with Crippen molar-refractivity contribution >= 4 is 34.5 Å². The molecular formula is C24H27N5O3. The summed E-state index contributed by atoms with van der Waals surface area (Å²) in [5.41, 5.74) is 2.72. The number of carbonyl (C=O) groups is 2. The minimum absolute atomic E-state index is 0.0309. The SMILES string of the molecule is CC1Oc2ccccc2N(CCC(=O)NC2CCN(c3nc4ccccc4[nH]3)CC2)C1=O. The Hall–Kier alpha value is -3.55. The van der Waals surface area contributed by atoms with Crippen LogP contribution in [0.5, 0.6) is 5.75 Å². The van der Waals surface area contributed by atoms with Gasteiger partial charge in [0.25, 0.3) is 5.91 Å². The number of carbonyl (C=O) groups excluding carboxylic acids is 2. The number of imidazole rings is 1. The molecule has 0 spiro atoms. The predicted octanol–water partition coefficient (Wildman–Crippen LogP) is 2.85. The summed E-state index contributed by atoms with van der Waals surface area (Å²) in [6.45, 7) is 3.74. The molecular weight excluding hydrogens is 406 g/mol. The van der Waals surface area contributed by atoms with E-state index in [0.717, 1.165) is 48.6 Å². The number of hydrogen-bond acceptors (Lipinski definition) is 5. The lowest BCUT2D eigenvalue weighted by molar-refractivity contribution is -0.125. The molecule has 2 aliphatic heterocycles. The predicted molar refractivity (Wildman–Crippen MR) is 123 cm³/mol. The third-order valence-corrected chi connectivity index (χ3v) is 6.17. The summed E-state index contributed by atoms with van der Waals surface area (Å²) in [5.74, 6) is 1.42. The minimum atomic E-state index is -0.546. The van der Waals surface area contributed by atoms with Crippen molar-refractivity contribution < 1.29 is 14.3 Å². The Labute approximate surface area is 186 Å². The van der Waals surface area contributed by atoms with Crippen molar-refractivity contribution in [2.75, 3.05) is 29.4 Å². The van der Waals surface area contributed by atoms with Crippen LogP contribution >= 0.6 is 0 Å². The van der Waals surface area contributed by atoms with Gasteiger partial charge in [-0.05, 0) is 44.0 Å². The zero-order valence-electron chi connectivity index (χ0n) is 18.1. The largest absolute Gasteiger partial charge is 0.479 e. The van der Waals surface area contributed by atoms with Crippen LogP contribution in [0.2, 0.25) is 0 Å². The second-order valence-corrected chi connectivity index (χ2v) is 8.37. The van der Waals surface area contributed by atoms with E-state index >= 15 is 0 Å². The Morgan fingerprint density at radius 3 is 2.72 bits per heavy atom. The number of aromatic nitrogens is 2. The zero-order chi connectivity index (χ0) is 22.1. The van der Waals surface area contributed by atoms with Gasteiger partial charge in [-0.3, -0.25) is 9.59 Å². The Morgan fingerprint density at radius 2 is 1.91 bits per heavy atom. The maximum Gasteiger partial charge on any atom is 0.267 e. The van der Waals surface area contributed by atoms with Crippen LogP contribution in [-0.4, -0.2) is 53.6 Å². The topological polar surface area (TPSA) is 90.6 Å². The highest BCUT2D eigenvalue weighted by Gasteiger charge is 2.31. The number of benzene rings is 2. The van der Waals surface area contributed by atoms with Crippen molar-refractivity contribution in [1.29, 1.82) is 0 Å². The molecule has 1 aromatic heterocycles. The van der Waals surface area contributed by atoms with Crippen molar-refractivity contribution in [2.45, 2.75) is 38.3 Å². The molecule has 3 aromatic rings. The van der Waals surface area contributed by atoms with Crippen molar-refractivity contribution in [2.24, 2.45) is 0 Å². The van der Waals surface area contributed by atoms with Crippen LogP contribution in [0, 0.1) is 0 Å². The molecule has 1 saturated heterocycles. The Bertz CT molecular complexity index is 1100. The number of ether oxygens (including phenoxy) is 1. The quantitative estimate of drug-likeness (QED) is 0.646. The number of amides is 2. The fourth-order valence-electron chi connectivity index (χ4n) is 4.43. The van der Waals surface area contributed by atoms with Crippen molar-refractivity contribution in [1.82, 2.24) is 15.3 Å². The summed E-state index contributed by atoms with van der Waals surface area (Å²) < 4.78 is 5.66. The number of hydrogen-bond donors (Lipinski definition) is 2. The standard InChI is InChI=1S/C24H27N5O3/c1-16-23(31)29(20-8-4-5-9-21(20)32-16)15-12-22(30)25-17-10-13-28(14-11-17)24-26-18-6-2-3-7-19(18)27-24/h2-9,16-17H,10-15H2,1H3,(H,25,30)(H,26,27). The molecule has 32 heavy (non-hydrogen) atoms. The van der Waals surface area contributed by atoms with Crippen LogP contribution in [0.1, 0.15) is 26.2 Å². The summed E-state index contributed by atoms with van der Waals surface area (Å²) in [6.07, 6.45) is 1.44. The minimum Gasteiger partial charge on any atom is -0.479 e. The van der Waals surface area contributed by atoms with E-state index in [2.05, 4.69) is 20.2 Å². The first kappa shape index (κ1) is 20.4. The average molecular weight is 434 g/mol. The number of rotatable bonds is 5. The monoisotopic (exact) mass is 433 g/mol. The first-order chi connectivity index (χ1) is 15.6. The maximum absolute atomic E-state index is 12.6. The molecule has 2 aromatic carbocycles. The highest BCUT2D eigenvalue weighted by Crippen LogP contribution is 2.33. The molecule has 0 aliphatic carbocycles. The molecule has 0 saturated carbocycles. The smallest absolute Gasteiger partial charge is 0.267 e. The molecule has 8 nitrogen and oxygen atoms in total. The Morgan fingerprint density at radius 1 is 1.16 bits per heavy atom. The lowest BCUT2D eigenvalue weighted by Gasteiger charge is -2.34. The molecule has 1 unspecified atom stereocenters. The van der Waals surface area contributed by atoms with Gasteiger partial charge in [0.2, 0.25) is 11.9 Å². The van der Waals surface area contributed by atoms with E-state index in [9.17, 15) is 9.59 Å². The molecule has 8 heteroatoms. The van der Waals surface area contributed by atoms with Gasteiger partial charge in [-0.1, -0.05) is 24.3 Å². The van der Waals surface area contributed by atoms with Gasteiger partial charge in [-0.2, -0.15) is 0 Å². The van der Waals surface area contributed by atoms with Crippen LogP contribution in [0.25, 0.3) is 11.0 Å². The van der Waals surface area contributed by atoms with Gasteiger partial charge >= 0.3 is 0 Å². The van der Waals surface area contributed by atoms with Gasteiger partial charge in [-0.15, -0.1) is 0 Å². The Balaban J connectivity index is 1.13. The summed E-state index contributed by atoms with van der Waals surface area (Å²) in [4.78, 5) is 37.1. The molecule has 0 bridgehead atoms. The summed E-state index contributed by atoms with van der Waals surface area (Å²) in [7, 11) is 0. The van der Waals surface area contributed by atoms with Gasteiger partial charge in [0.05, 0.1) is 16.7 Å². The molecule has 2 N–H and O–H groups in total. The van der Waals surface area contributed by atoms with Gasteiger partial charge < -0.3 is 24.8 Å². The fourth-order valence-corrected chi connectivity index (χ4v) is 4.43. The third-order valence-electron chi connectivity index (χ3n) is 6.17. The number of H-pyrrole nitrogens is 1. The van der Waals surface area contributed by atoms with Gasteiger partial charge in [-0.25, -0.2) is 4.98 Å². The second kappa shape index (κ2) is 8.53. The lowest BCUT2D eigenvalue weighted by atomic mass is 10.1. The number of fused-ring (bicyclic) bond motifs is 2. The van der Waals surface area contributed by atoms with E-state index in [1.54, 1.807) is 11.8 Å². The van der Waals surface area contributed by atoms with Crippen LogP contribution in [-0.2, 0) is 9.59 Å². The summed E-state index contributed by atoms with van der Waals surface area (Å²) in [5, 5.41) is 3.14. The number of nitrogens with one attached hydrogen (secondary N) is 2. The average Bonchev–Trinajstić information content (AvgIpc) is 3.24. The van der Waals surface area contributed by atoms with E-state index < -0.39 is 6.10 Å². The normalized spacial score (nSPS) is 19.0. The molecule has 1 fully saturated rings. The molecule has 3 heterocycles. The molecule has 166 valence electrons. The fraction of sp³-hybridized carbons (Fsp3) is 0.375. The van der Waals surface area contributed by atoms with Crippen LogP contribution in [0.4, 0.5) is 11.6 Å². The molecule has 0 radical (unpaired) electrons. The van der Waals surface area contributed by atoms with Crippen LogP contribution < -0.4 is 19.9 Å². The van der Waals surface area contributed by atoms with Crippen molar-refractivity contribution in [3.63, 3.8) is 0 Å². The number of piperidine rings is 1. The molecule has 1 atom stereocenters. The van der Waals surface area contributed by atoms with E-state index in [0.29, 0.717) is 12.3 Å². The third kappa shape index (κ3) is 4.00. The van der Waals surface area contributed by atoms with E-state index in [4.69, 9.17) is 4.74 Å². The molecule has 5 rings (SSSR count). The lowest BCUT2D eigenvalue weighted by Crippen LogP contribution is -2.47. The Kier molecular flexibility index (Phi) is 5.43. The molecule has 2 aliphatic rings. The zero-order valence-corrected chi connectivity index (χ0v) is 18.1. The first-order valence-electron chi connectivity index (χ1n) is 11.1.